The van der Waals surface area contributed by atoms with Crippen LogP contribution in [0.4, 0.5) is 0 Å². The van der Waals surface area contributed by atoms with Gasteiger partial charge in [0.1, 0.15) is 0 Å². The predicted molar refractivity (Wildman–Crippen MR) is 83.6 cm³/mol. The molecule has 0 saturated heterocycles. The summed E-state index contributed by atoms with van der Waals surface area (Å²) in [5.41, 5.74) is 0.853. The van der Waals surface area contributed by atoms with Gasteiger partial charge in [-0.05, 0) is 0 Å². The summed E-state index contributed by atoms with van der Waals surface area (Å²) in [5.74, 6) is 0.456. The number of benzene rings is 1. The first-order valence-electron chi connectivity index (χ1n) is 7.50. The molecule has 0 radical (unpaired) electrons. The Morgan fingerprint density at radius 1 is 0.857 bits per heavy atom. The quantitative estimate of drug-likeness (QED) is 0.688. The van der Waals surface area contributed by atoms with Crippen LogP contribution < -0.4 is 2.81 Å². The number of hydrogen-bond donors (Lipinski definition) is 2. The first-order chi connectivity index (χ1) is 9.62. The zero-order valence-corrected chi connectivity index (χ0v) is 17.3. The van der Waals surface area contributed by atoms with Crippen LogP contribution in [0.2, 0.25) is 16.6 Å². The first-order valence-corrected chi connectivity index (χ1v) is 13.9. The van der Waals surface area contributed by atoms with E-state index < -0.39 is 30.3 Å². The van der Waals surface area contributed by atoms with Crippen LogP contribution in [0, 0.1) is 0 Å². The van der Waals surface area contributed by atoms with Crippen LogP contribution in [0.1, 0.15) is 41.5 Å². The van der Waals surface area contributed by atoms with Gasteiger partial charge in [-0.3, -0.25) is 0 Å². The summed E-state index contributed by atoms with van der Waals surface area (Å²) in [7, 11) is -2.35. The van der Waals surface area contributed by atoms with E-state index in [2.05, 4.69) is 41.5 Å². The Hall–Kier alpha value is -0.000000000000000222. The molecule has 0 aromatic heterocycles. The fraction of sp³-hybridized carbons (Fsp3) is 0.600. The third-order valence-electron chi connectivity index (χ3n) is 4.01. The topological polar surface area (TPSA) is 58.9 Å². The van der Waals surface area contributed by atoms with Crippen molar-refractivity contribution in [2.75, 3.05) is 0 Å². The Morgan fingerprint density at radius 3 is 1.67 bits per heavy atom. The third kappa shape index (κ3) is 4.73. The minimum absolute atomic E-state index is 0.284. The van der Waals surface area contributed by atoms with E-state index in [0.29, 0.717) is 5.75 Å². The molecule has 6 heteroatoms. The van der Waals surface area contributed by atoms with Crippen molar-refractivity contribution in [2.24, 2.45) is 0 Å². The predicted octanol–water partition coefficient (Wildman–Crippen LogP) is 4.06. The van der Waals surface area contributed by atoms with Crippen LogP contribution in [-0.4, -0.2) is 14.7 Å². The van der Waals surface area contributed by atoms with Crippen molar-refractivity contribution >= 4 is 8.32 Å². The second kappa shape index (κ2) is 7.51. The molecular weight excluding hydrogens is 363 g/mol. The summed E-state index contributed by atoms with van der Waals surface area (Å²) in [5, 5.41) is 0. The van der Waals surface area contributed by atoms with E-state index >= 15 is 0 Å². The van der Waals surface area contributed by atoms with Crippen molar-refractivity contribution in [3.63, 3.8) is 0 Å². The Kier molecular flexibility index (Phi) is 6.81. The Balaban J connectivity index is 3.01. The second-order valence-electron chi connectivity index (χ2n) is 6.38. The fourth-order valence-electron chi connectivity index (χ4n) is 3.25. The SMILES string of the molecule is CC(C)[Si]([O][Zr]([OH])([OH])[O]c1ccccc1)(C(C)C)C(C)C. The van der Waals surface area contributed by atoms with Crippen molar-refractivity contribution < 1.29 is 33.7 Å². The van der Waals surface area contributed by atoms with Gasteiger partial charge in [-0.15, -0.1) is 0 Å². The van der Waals surface area contributed by atoms with Crippen molar-refractivity contribution in [1.82, 2.24) is 0 Å². The molecule has 120 valence electrons. The Labute approximate surface area is 136 Å². The van der Waals surface area contributed by atoms with E-state index in [4.69, 9.17) is 5.32 Å². The maximum absolute atomic E-state index is 10.4. The molecule has 0 atom stereocenters. The van der Waals surface area contributed by atoms with Gasteiger partial charge in [-0.2, -0.15) is 0 Å². The summed E-state index contributed by atoms with van der Waals surface area (Å²) in [6.07, 6.45) is 0. The molecule has 0 aliphatic heterocycles. The molecule has 0 saturated carbocycles. The van der Waals surface area contributed by atoms with E-state index in [-0.39, 0.29) is 16.6 Å². The average Bonchev–Trinajstić information content (AvgIpc) is 2.35. The average molecular weight is 392 g/mol. The van der Waals surface area contributed by atoms with Crippen LogP contribution in [-0.2, 0) is 24.5 Å². The van der Waals surface area contributed by atoms with Crippen molar-refractivity contribution in [1.29, 1.82) is 0 Å². The van der Waals surface area contributed by atoms with Crippen molar-refractivity contribution in [2.45, 2.75) is 58.2 Å². The molecule has 1 aromatic carbocycles. The van der Waals surface area contributed by atoms with Gasteiger partial charge >= 0.3 is 136 Å². The molecule has 1 rings (SSSR count). The van der Waals surface area contributed by atoms with Gasteiger partial charge in [0, 0.05) is 0 Å². The summed E-state index contributed by atoms with van der Waals surface area (Å²) >= 11 is -5.03. The van der Waals surface area contributed by atoms with E-state index in [1.807, 2.05) is 6.07 Å². The normalized spacial score (nSPS) is 13.3. The summed E-state index contributed by atoms with van der Waals surface area (Å²) in [6.45, 7) is 12.6. The molecule has 0 amide bonds. The van der Waals surface area contributed by atoms with Crippen LogP contribution in [0.5, 0.6) is 5.75 Å². The van der Waals surface area contributed by atoms with Crippen molar-refractivity contribution in [3.05, 3.63) is 30.3 Å². The molecule has 1 aromatic rings. The maximum atomic E-state index is 10.4. The molecule has 0 spiro atoms. The Morgan fingerprint density at radius 2 is 1.29 bits per heavy atom. The van der Waals surface area contributed by atoms with Crippen LogP contribution in [0.3, 0.4) is 0 Å². The third-order valence-corrected chi connectivity index (χ3v) is 15.8. The van der Waals surface area contributed by atoms with Gasteiger partial charge in [-0.25, -0.2) is 0 Å². The molecule has 2 N–H and O–H groups in total. The summed E-state index contributed by atoms with van der Waals surface area (Å²) in [4.78, 5) is 0. The standard InChI is InChI=1S/C9H21OSi.C6H6O.2H2O.Zr/c1-7(2)11(10,8(3)4)9(5)6;7-6-4-2-1-3-5-6;;;/h7-9H,1-6H3;1-5,7H;2*1H2;/q-1;;;;+4/p-3. The number of hydrogen-bond acceptors (Lipinski definition) is 4. The zero-order chi connectivity index (χ0) is 16.3. The van der Waals surface area contributed by atoms with Gasteiger partial charge in [0.2, 0.25) is 0 Å². The summed E-state index contributed by atoms with van der Waals surface area (Å²) in [6, 6.07) is 8.88. The molecule has 0 fully saturated rings. The van der Waals surface area contributed by atoms with E-state index in [1.165, 1.54) is 0 Å². The van der Waals surface area contributed by atoms with Crippen LogP contribution >= 0.6 is 0 Å². The van der Waals surface area contributed by atoms with E-state index in [9.17, 15) is 6.37 Å². The fourth-order valence-corrected chi connectivity index (χ4v) is 18.5. The van der Waals surface area contributed by atoms with Gasteiger partial charge in [0.25, 0.3) is 0 Å². The van der Waals surface area contributed by atoms with Gasteiger partial charge in [-0.1, -0.05) is 0 Å². The van der Waals surface area contributed by atoms with Gasteiger partial charge < -0.3 is 0 Å². The minimum atomic E-state index is -5.03. The number of rotatable bonds is 7. The van der Waals surface area contributed by atoms with Crippen LogP contribution in [0.15, 0.2) is 30.3 Å². The zero-order valence-electron chi connectivity index (χ0n) is 13.8. The van der Waals surface area contributed by atoms with E-state index in [0.717, 1.165) is 0 Å². The summed E-state index contributed by atoms with van der Waals surface area (Å²) < 4.78 is 32.3. The molecule has 0 aliphatic carbocycles. The molecule has 0 aliphatic rings. The Bertz CT molecular complexity index is 413. The molecule has 4 nitrogen and oxygen atoms in total. The monoisotopic (exact) mass is 390 g/mol. The molecule has 0 heterocycles. The van der Waals surface area contributed by atoms with Gasteiger partial charge in [0.05, 0.1) is 0 Å². The molecule has 0 bridgehead atoms. The van der Waals surface area contributed by atoms with Crippen LogP contribution in [0.25, 0.3) is 0 Å². The van der Waals surface area contributed by atoms with E-state index in [1.54, 1.807) is 24.3 Å². The number of para-hydroxylation sites is 1. The van der Waals surface area contributed by atoms with Gasteiger partial charge in [0.15, 0.2) is 0 Å². The van der Waals surface area contributed by atoms with Crippen molar-refractivity contribution in [3.8, 4) is 5.75 Å². The molecule has 0 unspecified atom stereocenters. The molecular formula is C15H28O4SiZr. The molecule has 21 heavy (non-hydrogen) atoms. The second-order valence-corrected chi connectivity index (χ2v) is 16.5. The first kappa shape index (κ1) is 19.0.